The molecule has 0 rings (SSSR count). The van der Waals surface area contributed by atoms with Crippen molar-refractivity contribution in [3.8, 4) is 0 Å². The number of alkyl carbamates (subject to hydrolysis) is 1. The van der Waals surface area contributed by atoms with E-state index in [-0.39, 0.29) is 24.8 Å². The molecule has 0 heterocycles. The molecular formula is C11H23NO5S. The van der Waals surface area contributed by atoms with Crippen molar-refractivity contribution in [2.45, 2.75) is 32.8 Å². The Morgan fingerprint density at radius 3 is 2.33 bits per heavy atom. The minimum Gasteiger partial charge on any atom is -0.444 e. The first-order valence-corrected chi connectivity index (χ1v) is 7.85. The van der Waals surface area contributed by atoms with Crippen molar-refractivity contribution in [2.24, 2.45) is 5.92 Å². The summed E-state index contributed by atoms with van der Waals surface area (Å²) in [5.41, 5.74) is -0.578. The van der Waals surface area contributed by atoms with Gasteiger partial charge in [0.25, 0.3) is 0 Å². The zero-order valence-corrected chi connectivity index (χ0v) is 12.2. The van der Waals surface area contributed by atoms with E-state index in [0.717, 1.165) is 6.26 Å². The minimum atomic E-state index is -3.05. The van der Waals surface area contributed by atoms with Crippen LogP contribution in [0.25, 0.3) is 0 Å². The van der Waals surface area contributed by atoms with Crippen LogP contribution < -0.4 is 5.32 Å². The number of rotatable bonds is 6. The van der Waals surface area contributed by atoms with Crippen LogP contribution in [0.15, 0.2) is 0 Å². The molecule has 0 spiro atoms. The zero-order valence-electron chi connectivity index (χ0n) is 11.4. The Labute approximate surface area is 109 Å². The molecule has 1 unspecified atom stereocenters. The van der Waals surface area contributed by atoms with Gasteiger partial charge >= 0.3 is 6.09 Å². The van der Waals surface area contributed by atoms with Gasteiger partial charge in [-0.3, -0.25) is 0 Å². The highest BCUT2D eigenvalue weighted by Gasteiger charge is 2.18. The van der Waals surface area contributed by atoms with E-state index < -0.39 is 21.5 Å². The minimum absolute atomic E-state index is 0.00573. The summed E-state index contributed by atoms with van der Waals surface area (Å²) in [6, 6.07) is 0. The summed E-state index contributed by atoms with van der Waals surface area (Å²) in [6.45, 7) is 5.27. The molecule has 2 N–H and O–H groups in total. The second-order valence-electron chi connectivity index (χ2n) is 5.35. The first-order valence-electron chi connectivity index (χ1n) is 5.79. The Morgan fingerprint density at radius 2 is 1.94 bits per heavy atom. The van der Waals surface area contributed by atoms with E-state index in [9.17, 15) is 13.2 Å². The highest BCUT2D eigenvalue weighted by Crippen LogP contribution is 2.07. The molecule has 0 saturated carbocycles. The van der Waals surface area contributed by atoms with Crippen molar-refractivity contribution >= 4 is 15.9 Å². The number of amides is 1. The monoisotopic (exact) mass is 281 g/mol. The van der Waals surface area contributed by atoms with E-state index in [1.165, 1.54) is 0 Å². The van der Waals surface area contributed by atoms with Gasteiger partial charge in [-0.25, -0.2) is 13.2 Å². The van der Waals surface area contributed by atoms with Gasteiger partial charge in [-0.2, -0.15) is 0 Å². The Hall–Kier alpha value is -0.820. The molecule has 0 saturated heterocycles. The van der Waals surface area contributed by atoms with Crippen LogP contribution in [0.5, 0.6) is 0 Å². The standard InChI is InChI=1S/C11H23NO5S/c1-11(2,3)17-10(14)12-7-9(8-13)5-6-18(4,15)16/h9,13H,5-8H2,1-4H3,(H,12,14). The van der Waals surface area contributed by atoms with Crippen LogP contribution in [-0.2, 0) is 14.6 Å². The molecule has 0 radical (unpaired) electrons. The van der Waals surface area contributed by atoms with Crippen LogP contribution in [0.1, 0.15) is 27.2 Å². The van der Waals surface area contributed by atoms with Gasteiger partial charge in [0.05, 0.1) is 5.75 Å². The molecule has 0 fully saturated rings. The molecule has 6 nitrogen and oxygen atoms in total. The second-order valence-corrected chi connectivity index (χ2v) is 7.61. The molecule has 0 aromatic rings. The Morgan fingerprint density at radius 1 is 1.39 bits per heavy atom. The van der Waals surface area contributed by atoms with Crippen molar-refractivity contribution in [3.63, 3.8) is 0 Å². The van der Waals surface area contributed by atoms with E-state index in [1.54, 1.807) is 20.8 Å². The number of sulfone groups is 1. The molecule has 0 aliphatic carbocycles. The Balaban J connectivity index is 4.04. The molecular weight excluding hydrogens is 258 g/mol. The third-order valence-electron chi connectivity index (χ3n) is 2.09. The molecule has 1 atom stereocenters. The van der Waals surface area contributed by atoms with Crippen molar-refractivity contribution in [1.29, 1.82) is 0 Å². The fraction of sp³-hybridized carbons (Fsp3) is 0.909. The number of nitrogens with one attached hydrogen (secondary N) is 1. The molecule has 7 heteroatoms. The second kappa shape index (κ2) is 6.94. The Kier molecular flexibility index (Phi) is 6.62. The van der Waals surface area contributed by atoms with Gasteiger partial charge in [-0.15, -0.1) is 0 Å². The van der Waals surface area contributed by atoms with E-state index in [1.807, 2.05) is 0 Å². The fourth-order valence-electron chi connectivity index (χ4n) is 1.18. The third kappa shape index (κ3) is 10.3. The van der Waals surface area contributed by atoms with Crippen LogP contribution in [-0.4, -0.2) is 50.4 Å². The molecule has 0 aliphatic heterocycles. The normalized spacial score (nSPS) is 14.1. The summed E-state index contributed by atoms with van der Waals surface area (Å²) in [6.07, 6.45) is 0.883. The maximum Gasteiger partial charge on any atom is 0.407 e. The maximum absolute atomic E-state index is 11.3. The van der Waals surface area contributed by atoms with Crippen LogP contribution in [0.4, 0.5) is 4.79 Å². The van der Waals surface area contributed by atoms with E-state index in [0.29, 0.717) is 6.42 Å². The highest BCUT2D eigenvalue weighted by molar-refractivity contribution is 7.90. The van der Waals surface area contributed by atoms with Crippen molar-refractivity contribution in [2.75, 3.05) is 25.2 Å². The first-order chi connectivity index (χ1) is 8.03. The summed E-state index contributed by atoms with van der Waals surface area (Å²) in [5, 5.41) is 11.6. The summed E-state index contributed by atoms with van der Waals surface area (Å²) in [4.78, 5) is 11.3. The summed E-state index contributed by atoms with van der Waals surface area (Å²) < 4.78 is 27.0. The van der Waals surface area contributed by atoms with Crippen LogP contribution >= 0.6 is 0 Å². The lowest BCUT2D eigenvalue weighted by atomic mass is 10.1. The fourth-order valence-corrected chi connectivity index (χ4v) is 1.94. The van der Waals surface area contributed by atoms with Crippen molar-refractivity contribution < 1.29 is 23.1 Å². The number of hydrogen-bond donors (Lipinski definition) is 2. The van der Waals surface area contributed by atoms with E-state index >= 15 is 0 Å². The highest BCUT2D eigenvalue weighted by atomic mass is 32.2. The molecule has 18 heavy (non-hydrogen) atoms. The van der Waals surface area contributed by atoms with Gasteiger partial charge in [-0.1, -0.05) is 0 Å². The van der Waals surface area contributed by atoms with Gasteiger partial charge in [0.15, 0.2) is 0 Å². The SMILES string of the molecule is CC(C)(C)OC(=O)NCC(CO)CCS(C)(=O)=O. The smallest absolute Gasteiger partial charge is 0.407 e. The number of ether oxygens (including phenoxy) is 1. The van der Waals surface area contributed by atoms with Gasteiger partial charge in [0.2, 0.25) is 0 Å². The number of carbonyl (C=O) groups is 1. The lowest BCUT2D eigenvalue weighted by molar-refractivity contribution is 0.0512. The quantitative estimate of drug-likeness (QED) is 0.742. The van der Waals surface area contributed by atoms with Crippen LogP contribution in [0.3, 0.4) is 0 Å². The van der Waals surface area contributed by atoms with Crippen molar-refractivity contribution in [1.82, 2.24) is 5.32 Å². The van der Waals surface area contributed by atoms with E-state index in [2.05, 4.69) is 5.32 Å². The molecule has 108 valence electrons. The zero-order chi connectivity index (χ0) is 14.4. The summed E-state index contributed by atoms with van der Waals surface area (Å²) in [5.74, 6) is -0.291. The molecule has 1 amide bonds. The lowest BCUT2D eigenvalue weighted by Gasteiger charge is -2.21. The van der Waals surface area contributed by atoms with Gasteiger partial charge < -0.3 is 15.2 Å². The number of aliphatic hydroxyl groups excluding tert-OH is 1. The predicted octanol–water partition coefficient (Wildman–Crippen LogP) is 0.554. The topological polar surface area (TPSA) is 92.7 Å². The maximum atomic E-state index is 11.3. The molecule has 0 aliphatic rings. The predicted molar refractivity (Wildman–Crippen MR) is 69.1 cm³/mol. The number of carbonyl (C=O) groups excluding carboxylic acids is 1. The van der Waals surface area contributed by atoms with Crippen molar-refractivity contribution in [3.05, 3.63) is 0 Å². The largest absolute Gasteiger partial charge is 0.444 e. The van der Waals surface area contributed by atoms with Gasteiger partial charge in [-0.05, 0) is 27.2 Å². The average molecular weight is 281 g/mol. The third-order valence-corrected chi connectivity index (χ3v) is 3.07. The summed E-state index contributed by atoms with van der Waals surface area (Å²) >= 11 is 0. The molecule has 0 bridgehead atoms. The first kappa shape index (κ1) is 17.2. The van der Waals surface area contributed by atoms with Crippen LogP contribution in [0.2, 0.25) is 0 Å². The van der Waals surface area contributed by atoms with Gasteiger partial charge in [0.1, 0.15) is 15.4 Å². The Bertz CT molecular complexity index is 358. The molecule has 0 aromatic heterocycles. The summed E-state index contributed by atoms with van der Waals surface area (Å²) in [7, 11) is -3.05. The number of hydrogen-bond acceptors (Lipinski definition) is 5. The average Bonchev–Trinajstić information content (AvgIpc) is 2.13. The van der Waals surface area contributed by atoms with E-state index in [4.69, 9.17) is 9.84 Å². The lowest BCUT2D eigenvalue weighted by Crippen LogP contribution is -2.36. The molecule has 0 aromatic carbocycles. The number of aliphatic hydroxyl groups is 1. The van der Waals surface area contributed by atoms with Gasteiger partial charge in [0, 0.05) is 25.3 Å². The van der Waals surface area contributed by atoms with Crippen LogP contribution in [0, 0.1) is 5.92 Å².